The van der Waals surface area contributed by atoms with Gasteiger partial charge in [-0.25, -0.2) is 4.39 Å². The third-order valence-corrected chi connectivity index (χ3v) is 5.47. The van der Waals surface area contributed by atoms with Crippen molar-refractivity contribution in [1.29, 1.82) is 0 Å². The zero-order chi connectivity index (χ0) is 23.9. The van der Waals surface area contributed by atoms with Gasteiger partial charge in [-0.05, 0) is 42.0 Å². The highest BCUT2D eigenvalue weighted by Crippen LogP contribution is 2.27. The first-order valence-electron chi connectivity index (χ1n) is 10.9. The Kier molecular flexibility index (Phi) is 7.17. The average Bonchev–Trinajstić information content (AvgIpc) is 3.25. The van der Waals surface area contributed by atoms with Gasteiger partial charge >= 0.3 is 0 Å². The lowest BCUT2D eigenvalue weighted by molar-refractivity contribution is -0.126. The summed E-state index contributed by atoms with van der Waals surface area (Å²) >= 11 is 0. The first-order valence-corrected chi connectivity index (χ1v) is 10.9. The summed E-state index contributed by atoms with van der Waals surface area (Å²) in [7, 11) is 0. The molecule has 1 fully saturated rings. The molecule has 34 heavy (non-hydrogen) atoms. The highest BCUT2D eigenvalue weighted by atomic mass is 19.1. The van der Waals surface area contributed by atoms with Crippen LogP contribution in [0.25, 0.3) is 0 Å². The van der Waals surface area contributed by atoms with Crippen molar-refractivity contribution < 1.29 is 23.5 Å². The molecule has 174 valence electrons. The Bertz CT molecular complexity index is 1170. The maximum Gasteiger partial charge on any atom is 0.262 e. The number of carbonyl (C=O) groups excluding carboxylic acids is 3. The van der Waals surface area contributed by atoms with Gasteiger partial charge in [0.2, 0.25) is 11.8 Å². The molecule has 1 atom stereocenters. The second-order valence-corrected chi connectivity index (χ2v) is 7.92. The molecule has 2 N–H and O–H groups in total. The molecule has 4 rings (SSSR count). The number of halogens is 1. The normalized spacial score (nSPS) is 15.1. The second kappa shape index (κ2) is 10.6. The number of nitrogens with zero attached hydrogens (tertiary/aromatic N) is 1. The minimum absolute atomic E-state index is 0.0846. The molecule has 1 aliphatic rings. The van der Waals surface area contributed by atoms with E-state index < -0.39 is 17.6 Å². The summed E-state index contributed by atoms with van der Waals surface area (Å²) < 4.78 is 19.1. The van der Waals surface area contributed by atoms with Crippen molar-refractivity contribution in [2.75, 3.05) is 23.4 Å². The number of carbonyl (C=O) groups is 3. The number of rotatable bonds is 8. The van der Waals surface area contributed by atoms with Crippen LogP contribution in [0.1, 0.15) is 12.0 Å². The van der Waals surface area contributed by atoms with E-state index in [1.54, 1.807) is 35.2 Å². The number of para-hydroxylation sites is 1. The van der Waals surface area contributed by atoms with Gasteiger partial charge in [0.05, 0.1) is 11.6 Å². The molecule has 0 bridgehead atoms. The standard InChI is InChI=1S/C26H24FN3O4/c27-22-8-4-5-9-23(22)29-24(31)17-34-21-12-10-20(11-13-21)30-16-19(14-25(30)32)26(33)28-15-18-6-2-1-3-7-18/h1-13,19H,14-17H2,(H,28,33)(H,29,31). The molecule has 0 aliphatic carbocycles. The predicted octanol–water partition coefficient (Wildman–Crippen LogP) is 3.51. The molecule has 1 heterocycles. The average molecular weight is 461 g/mol. The van der Waals surface area contributed by atoms with E-state index in [0.29, 0.717) is 24.5 Å². The summed E-state index contributed by atoms with van der Waals surface area (Å²) in [6.07, 6.45) is 0.148. The molecule has 1 saturated heterocycles. The Hall–Kier alpha value is -4.20. The third-order valence-electron chi connectivity index (χ3n) is 5.47. The van der Waals surface area contributed by atoms with Gasteiger partial charge in [-0.1, -0.05) is 42.5 Å². The second-order valence-electron chi connectivity index (χ2n) is 7.92. The van der Waals surface area contributed by atoms with Crippen molar-refractivity contribution in [2.45, 2.75) is 13.0 Å². The smallest absolute Gasteiger partial charge is 0.262 e. The van der Waals surface area contributed by atoms with E-state index in [0.717, 1.165) is 5.56 Å². The topological polar surface area (TPSA) is 87.7 Å². The molecule has 3 aromatic carbocycles. The van der Waals surface area contributed by atoms with Gasteiger partial charge in [0, 0.05) is 25.2 Å². The van der Waals surface area contributed by atoms with E-state index in [1.165, 1.54) is 18.2 Å². The molecule has 8 heteroatoms. The molecule has 7 nitrogen and oxygen atoms in total. The third kappa shape index (κ3) is 5.78. The van der Waals surface area contributed by atoms with Crippen LogP contribution < -0.4 is 20.3 Å². The van der Waals surface area contributed by atoms with Crippen LogP contribution in [0.5, 0.6) is 5.75 Å². The monoisotopic (exact) mass is 461 g/mol. The van der Waals surface area contributed by atoms with E-state index in [2.05, 4.69) is 10.6 Å². The summed E-state index contributed by atoms with van der Waals surface area (Å²) in [4.78, 5) is 38.6. The summed E-state index contributed by atoms with van der Waals surface area (Å²) in [6.45, 7) is 0.422. The van der Waals surface area contributed by atoms with Gasteiger partial charge in [0.25, 0.3) is 5.91 Å². The molecule has 3 aromatic rings. The van der Waals surface area contributed by atoms with E-state index in [4.69, 9.17) is 4.74 Å². The lowest BCUT2D eigenvalue weighted by atomic mass is 10.1. The van der Waals surface area contributed by atoms with Crippen LogP contribution in [0.15, 0.2) is 78.9 Å². The molecule has 1 aliphatic heterocycles. The van der Waals surface area contributed by atoms with Gasteiger partial charge in [0.1, 0.15) is 11.6 Å². The van der Waals surface area contributed by atoms with Crippen LogP contribution in [-0.4, -0.2) is 30.9 Å². The molecule has 1 unspecified atom stereocenters. The molecule has 3 amide bonds. The largest absolute Gasteiger partial charge is 0.484 e. The SMILES string of the molecule is O=C(COc1ccc(N2CC(C(=O)NCc3ccccc3)CC2=O)cc1)Nc1ccccc1F. The summed E-state index contributed by atoms with van der Waals surface area (Å²) in [5.74, 6) is -1.29. The summed E-state index contributed by atoms with van der Waals surface area (Å²) in [5.41, 5.74) is 1.73. The van der Waals surface area contributed by atoms with Crippen molar-refractivity contribution in [3.05, 3.63) is 90.2 Å². The molecule has 0 aromatic heterocycles. The van der Waals surface area contributed by atoms with Gasteiger partial charge in [0.15, 0.2) is 6.61 Å². The lowest BCUT2D eigenvalue weighted by Crippen LogP contribution is -2.32. The quantitative estimate of drug-likeness (QED) is 0.538. The Labute approximate surface area is 196 Å². The highest BCUT2D eigenvalue weighted by molar-refractivity contribution is 6.00. The van der Waals surface area contributed by atoms with Crippen LogP contribution in [-0.2, 0) is 20.9 Å². The Balaban J connectivity index is 1.27. The van der Waals surface area contributed by atoms with Gasteiger partial charge in [-0.15, -0.1) is 0 Å². The Morgan fingerprint density at radius 1 is 0.971 bits per heavy atom. The minimum Gasteiger partial charge on any atom is -0.484 e. The molecule has 0 saturated carbocycles. The fraction of sp³-hybridized carbons (Fsp3) is 0.192. The number of ether oxygens (including phenoxy) is 1. The van der Waals surface area contributed by atoms with E-state index in [1.807, 2.05) is 30.3 Å². The van der Waals surface area contributed by atoms with Crippen molar-refractivity contribution in [3.8, 4) is 5.75 Å². The number of hydrogen-bond donors (Lipinski definition) is 2. The number of anilines is 2. The van der Waals surface area contributed by atoms with Crippen molar-refractivity contribution >= 4 is 29.1 Å². The van der Waals surface area contributed by atoms with Gasteiger partial charge in [-0.2, -0.15) is 0 Å². The maximum absolute atomic E-state index is 13.6. The lowest BCUT2D eigenvalue weighted by Gasteiger charge is -2.17. The fourth-order valence-electron chi connectivity index (χ4n) is 3.68. The first-order chi connectivity index (χ1) is 16.5. The van der Waals surface area contributed by atoms with Crippen LogP contribution in [0.4, 0.5) is 15.8 Å². The van der Waals surface area contributed by atoms with Crippen molar-refractivity contribution in [3.63, 3.8) is 0 Å². The van der Waals surface area contributed by atoms with Gasteiger partial charge in [-0.3, -0.25) is 14.4 Å². The van der Waals surface area contributed by atoms with Crippen LogP contribution in [0.3, 0.4) is 0 Å². The first kappa shape index (κ1) is 23.0. The number of benzene rings is 3. The maximum atomic E-state index is 13.6. The van der Waals surface area contributed by atoms with E-state index >= 15 is 0 Å². The van der Waals surface area contributed by atoms with Crippen LogP contribution >= 0.6 is 0 Å². The van der Waals surface area contributed by atoms with E-state index in [9.17, 15) is 18.8 Å². The molecular weight excluding hydrogens is 437 g/mol. The number of hydrogen-bond acceptors (Lipinski definition) is 4. The molecule has 0 spiro atoms. The summed E-state index contributed by atoms with van der Waals surface area (Å²) in [6, 6.07) is 22.1. The van der Waals surface area contributed by atoms with E-state index in [-0.39, 0.29) is 30.5 Å². The van der Waals surface area contributed by atoms with Crippen molar-refractivity contribution in [2.24, 2.45) is 5.92 Å². The summed E-state index contributed by atoms with van der Waals surface area (Å²) in [5, 5.41) is 5.34. The van der Waals surface area contributed by atoms with Crippen molar-refractivity contribution in [1.82, 2.24) is 5.32 Å². The number of nitrogens with one attached hydrogen (secondary N) is 2. The highest BCUT2D eigenvalue weighted by Gasteiger charge is 2.35. The molecular formula is C26H24FN3O4. The number of amides is 3. The zero-order valence-electron chi connectivity index (χ0n) is 18.4. The fourth-order valence-corrected chi connectivity index (χ4v) is 3.68. The Morgan fingerprint density at radius 3 is 2.41 bits per heavy atom. The zero-order valence-corrected chi connectivity index (χ0v) is 18.4. The van der Waals surface area contributed by atoms with Crippen LogP contribution in [0.2, 0.25) is 0 Å². The minimum atomic E-state index is -0.525. The molecule has 0 radical (unpaired) electrons. The Morgan fingerprint density at radius 2 is 1.68 bits per heavy atom. The van der Waals surface area contributed by atoms with Gasteiger partial charge < -0.3 is 20.3 Å². The van der Waals surface area contributed by atoms with Crippen LogP contribution in [0, 0.1) is 11.7 Å². The predicted molar refractivity (Wildman–Crippen MR) is 126 cm³/mol.